The van der Waals surface area contributed by atoms with E-state index < -0.39 is 12.1 Å². The standard InChI is InChI=1S/C13H19F3N2/c1-6-10-11(7(2)3)9(5)17-12(18-10)8(4)13(14,15)16/h7-8H,6H2,1-5H3. The summed E-state index contributed by atoms with van der Waals surface area (Å²) >= 11 is 0. The van der Waals surface area contributed by atoms with Gasteiger partial charge in [0.1, 0.15) is 11.7 Å². The van der Waals surface area contributed by atoms with Gasteiger partial charge in [-0.25, -0.2) is 9.97 Å². The van der Waals surface area contributed by atoms with Crippen LogP contribution in [0.15, 0.2) is 0 Å². The van der Waals surface area contributed by atoms with Crippen LogP contribution in [-0.2, 0) is 6.42 Å². The van der Waals surface area contributed by atoms with Crippen LogP contribution in [0, 0.1) is 6.92 Å². The minimum Gasteiger partial charge on any atom is -0.237 e. The number of halogens is 3. The van der Waals surface area contributed by atoms with E-state index >= 15 is 0 Å². The Kier molecular flexibility index (Phi) is 4.35. The molecule has 1 atom stereocenters. The lowest BCUT2D eigenvalue weighted by Crippen LogP contribution is -2.22. The molecule has 0 amide bonds. The summed E-state index contributed by atoms with van der Waals surface area (Å²) in [5, 5.41) is 0. The van der Waals surface area contributed by atoms with E-state index in [-0.39, 0.29) is 11.7 Å². The van der Waals surface area contributed by atoms with Gasteiger partial charge in [0.25, 0.3) is 0 Å². The zero-order valence-electron chi connectivity index (χ0n) is 11.4. The summed E-state index contributed by atoms with van der Waals surface area (Å²) in [5.41, 5.74) is 2.35. The molecule has 0 aromatic carbocycles. The minimum atomic E-state index is -4.29. The summed E-state index contributed by atoms with van der Waals surface area (Å²) in [6.07, 6.45) is -3.68. The maximum atomic E-state index is 12.7. The first-order chi connectivity index (χ1) is 8.18. The van der Waals surface area contributed by atoms with Crippen LogP contribution in [0.4, 0.5) is 13.2 Å². The van der Waals surface area contributed by atoms with Crippen molar-refractivity contribution in [2.45, 2.75) is 59.1 Å². The number of rotatable bonds is 3. The van der Waals surface area contributed by atoms with Gasteiger partial charge in [-0.05, 0) is 31.7 Å². The fourth-order valence-corrected chi connectivity index (χ4v) is 2.02. The summed E-state index contributed by atoms with van der Waals surface area (Å²) in [4.78, 5) is 8.15. The molecule has 0 saturated carbocycles. The molecule has 18 heavy (non-hydrogen) atoms. The molecule has 2 nitrogen and oxygen atoms in total. The van der Waals surface area contributed by atoms with E-state index in [1.165, 1.54) is 0 Å². The second-order valence-electron chi connectivity index (χ2n) is 4.80. The van der Waals surface area contributed by atoms with Crippen molar-refractivity contribution in [1.82, 2.24) is 9.97 Å². The van der Waals surface area contributed by atoms with Crippen molar-refractivity contribution in [2.24, 2.45) is 0 Å². The second-order valence-corrected chi connectivity index (χ2v) is 4.80. The molecule has 1 rings (SSSR count). The van der Waals surface area contributed by atoms with Crippen LogP contribution in [-0.4, -0.2) is 16.1 Å². The quantitative estimate of drug-likeness (QED) is 0.816. The molecule has 102 valence electrons. The van der Waals surface area contributed by atoms with Gasteiger partial charge >= 0.3 is 6.18 Å². The maximum absolute atomic E-state index is 12.7. The van der Waals surface area contributed by atoms with E-state index in [4.69, 9.17) is 0 Å². The molecular formula is C13H19F3N2. The zero-order chi connectivity index (χ0) is 14.1. The molecule has 0 aliphatic heterocycles. The molecule has 0 bridgehead atoms. The van der Waals surface area contributed by atoms with Crippen molar-refractivity contribution in [3.8, 4) is 0 Å². The largest absolute Gasteiger partial charge is 0.398 e. The van der Waals surface area contributed by atoms with E-state index in [1.54, 1.807) is 6.92 Å². The molecule has 0 saturated heterocycles. The molecule has 0 aliphatic rings. The first-order valence-corrected chi connectivity index (χ1v) is 6.12. The van der Waals surface area contributed by atoms with Crippen LogP contribution in [0.1, 0.15) is 62.3 Å². The van der Waals surface area contributed by atoms with Crippen LogP contribution in [0.3, 0.4) is 0 Å². The van der Waals surface area contributed by atoms with E-state index in [0.29, 0.717) is 12.1 Å². The van der Waals surface area contributed by atoms with Gasteiger partial charge in [-0.15, -0.1) is 0 Å². The lowest BCUT2D eigenvalue weighted by atomic mass is 9.97. The van der Waals surface area contributed by atoms with Crippen LogP contribution in [0.25, 0.3) is 0 Å². The molecule has 0 N–H and O–H groups in total. The number of alkyl halides is 3. The van der Waals surface area contributed by atoms with Crippen molar-refractivity contribution in [3.63, 3.8) is 0 Å². The fraction of sp³-hybridized carbons (Fsp3) is 0.692. The van der Waals surface area contributed by atoms with Crippen LogP contribution in [0.5, 0.6) is 0 Å². The van der Waals surface area contributed by atoms with Crippen LogP contribution >= 0.6 is 0 Å². The van der Waals surface area contributed by atoms with Gasteiger partial charge in [0.15, 0.2) is 0 Å². The molecule has 1 aromatic rings. The summed E-state index contributed by atoms with van der Waals surface area (Å²) < 4.78 is 38.0. The molecule has 0 aliphatic carbocycles. The van der Waals surface area contributed by atoms with Crippen LogP contribution in [0.2, 0.25) is 0 Å². The Morgan fingerprint density at radius 2 is 1.67 bits per heavy atom. The fourth-order valence-electron chi connectivity index (χ4n) is 2.02. The van der Waals surface area contributed by atoms with Gasteiger partial charge in [-0.1, -0.05) is 20.8 Å². The number of hydrogen-bond donors (Lipinski definition) is 0. The van der Waals surface area contributed by atoms with Crippen molar-refractivity contribution < 1.29 is 13.2 Å². The van der Waals surface area contributed by atoms with E-state index in [1.807, 2.05) is 20.8 Å². The molecule has 1 aromatic heterocycles. The summed E-state index contributed by atoms with van der Waals surface area (Å²) in [5.74, 6) is -1.53. The van der Waals surface area contributed by atoms with Crippen molar-refractivity contribution in [3.05, 3.63) is 22.8 Å². The Bertz CT molecular complexity index is 425. The predicted octanol–water partition coefficient (Wildman–Crippen LogP) is 4.14. The Balaban J connectivity index is 3.31. The van der Waals surface area contributed by atoms with E-state index in [9.17, 15) is 13.2 Å². The SMILES string of the molecule is CCc1nc(C(C)C(F)(F)F)nc(C)c1C(C)C. The molecule has 1 unspecified atom stereocenters. The van der Waals surface area contributed by atoms with Gasteiger partial charge in [0.2, 0.25) is 0 Å². The predicted molar refractivity (Wildman–Crippen MR) is 64.7 cm³/mol. The van der Waals surface area contributed by atoms with Crippen molar-refractivity contribution >= 4 is 0 Å². The number of aromatic nitrogens is 2. The van der Waals surface area contributed by atoms with Gasteiger partial charge < -0.3 is 0 Å². The number of hydrogen-bond acceptors (Lipinski definition) is 2. The minimum absolute atomic E-state index is 0.124. The Labute approximate surface area is 106 Å². The van der Waals surface area contributed by atoms with E-state index in [0.717, 1.165) is 18.2 Å². The third kappa shape index (κ3) is 3.00. The second kappa shape index (κ2) is 5.24. The average Bonchev–Trinajstić information content (AvgIpc) is 2.24. The molecule has 1 heterocycles. The summed E-state index contributed by atoms with van der Waals surface area (Å²) in [6, 6.07) is 0. The van der Waals surface area contributed by atoms with E-state index in [2.05, 4.69) is 9.97 Å². The van der Waals surface area contributed by atoms with Gasteiger partial charge in [0, 0.05) is 11.4 Å². The summed E-state index contributed by atoms with van der Waals surface area (Å²) in [6.45, 7) is 8.75. The lowest BCUT2D eigenvalue weighted by molar-refractivity contribution is -0.147. The smallest absolute Gasteiger partial charge is 0.237 e. The summed E-state index contributed by atoms with van der Waals surface area (Å²) in [7, 11) is 0. The Morgan fingerprint density at radius 1 is 1.11 bits per heavy atom. The highest BCUT2D eigenvalue weighted by Gasteiger charge is 2.39. The first kappa shape index (κ1) is 14.9. The molecule has 0 fully saturated rings. The van der Waals surface area contributed by atoms with Crippen molar-refractivity contribution in [2.75, 3.05) is 0 Å². The maximum Gasteiger partial charge on any atom is 0.398 e. The highest BCUT2D eigenvalue weighted by Crippen LogP contribution is 2.33. The normalized spacial score (nSPS) is 14.1. The number of nitrogens with zero attached hydrogens (tertiary/aromatic N) is 2. The number of aryl methyl sites for hydroxylation is 2. The zero-order valence-corrected chi connectivity index (χ0v) is 11.4. The molecular weight excluding hydrogens is 241 g/mol. The Morgan fingerprint density at radius 3 is 2.06 bits per heavy atom. The van der Waals surface area contributed by atoms with Gasteiger partial charge in [0.05, 0.1) is 0 Å². The lowest BCUT2D eigenvalue weighted by Gasteiger charge is -2.19. The van der Waals surface area contributed by atoms with Gasteiger partial charge in [-0.2, -0.15) is 13.2 Å². The molecule has 0 radical (unpaired) electrons. The monoisotopic (exact) mass is 260 g/mol. The van der Waals surface area contributed by atoms with Crippen LogP contribution < -0.4 is 0 Å². The highest BCUT2D eigenvalue weighted by atomic mass is 19.4. The topological polar surface area (TPSA) is 25.8 Å². The highest BCUT2D eigenvalue weighted by molar-refractivity contribution is 5.29. The van der Waals surface area contributed by atoms with Crippen molar-refractivity contribution in [1.29, 1.82) is 0 Å². The average molecular weight is 260 g/mol. The molecule has 5 heteroatoms. The third-order valence-electron chi connectivity index (χ3n) is 3.02. The Hall–Kier alpha value is -1.13. The van der Waals surface area contributed by atoms with Gasteiger partial charge in [-0.3, -0.25) is 0 Å². The first-order valence-electron chi connectivity index (χ1n) is 6.12. The third-order valence-corrected chi connectivity index (χ3v) is 3.02. The molecule has 0 spiro atoms.